The summed E-state index contributed by atoms with van der Waals surface area (Å²) < 4.78 is 3.18. The molecule has 2 aromatic carbocycles. The van der Waals surface area contributed by atoms with E-state index in [2.05, 4.69) is 10.8 Å². The van der Waals surface area contributed by atoms with Gasteiger partial charge in [-0.05, 0) is 11.6 Å². The van der Waals surface area contributed by atoms with E-state index in [-0.39, 0.29) is 23.5 Å². The lowest BCUT2D eigenvalue weighted by Crippen LogP contribution is -2.47. The first-order chi connectivity index (χ1) is 13.2. The highest BCUT2D eigenvalue weighted by atomic mass is 35.6. The Morgan fingerprint density at radius 2 is 1.89 bits per heavy atom. The van der Waals surface area contributed by atoms with Crippen LogP contribution in [0, 0.1) is 10.1 Å². The Kier molecular flexibility index (Phi) is 7.70. The van der Waals surface area contributed by atoms with E-state index in [0.29, 0.717) is 0 Å². The van der Waals surface area contributed by atoms with Gasteiger partial charge in [-0.2, -0.15) is 0 Å². The lowest BCUT2D eigenvalue weighted by atomic mass is 10.2. The van der Waals surface area contributed by atoms with Crippen LogP contribution in [0.4, 0.5) is 11.4 Å². The first-order valence-electron chi connectivity index (χ1n) is 7.85. The number of non-ortho nitro benzene ring substituents is 1. The molecule has 1 atom stereocenters. The predicted molar refractivity (Wildman–Crippen MR) is 107 cm³/mol. The van der Waals surface area contributed by atoms with Crippen LogP contribution in [-0.4, -0.2) is 28.0 Å². The largest absolute Gasteiger partial charge is 0.495 e. The van der Waals surface area contributed by atoms with Gasteiger partial charge in [-0.1, -0.05) is 65.1 Å². The number of nitro benzene ring substituents is 1. The number of rotatable bonds is 8. The first kappa shape index (κ1) is 22.0. The van der Waals surface area contributed by atoms with E-state index >= 15 is 0 Å². The van der Waals surface area contributed by atoms with Crippen LogP contribution in [0.1, 0.15) is 5.56 Å². The topological polar surface area (TPSA) is 103 Å². The minimum atomic E-state index is -1.97. The summed E-state index contributed by atoms with van der Waals surface area (Å²) in [5, 5.41) is 13.7. The molecule has 0 spiro atoms. The Hall–Kier alpha value is -2.26. The van der Waals surface area contributed by atoms with E-state index in [9.17, 15) is 14.9 Å². The third kappa shape index (κ3) is 6.42. The van der Waals surface area contributed by atoms with Crippen molar-refractivity contribution in [3.8, 4) is 5.75 Å². The van der Waals surface area contributed by atoms with Crippen LogP contribution < -0.4 is 15.5 Å². The normalized spacial score (nSPS) is 12.1. The molecule has 0 amide bonds. The van der Waals surface area contributed by atoms with Crippen LogP contribution >= 0.6 is 34.8 Å². The third-order valence-electron chi connectivity index (χ3n) is 3.50. The van der Waals surface area contributed by atoms with Crippen molar-refractivity contribution in [2.75, 3.05) is 12.4 Å². The van der Waals surface area contributed by atoms with Crippen LogP contribution in [0.2, 0.25) is 0 Å². The Balaban J connectivity index is 2.11. The van der Waals surface area contributed by atoms with Gasteiger partial charge >= 0.3 is 5.97 Å². The fourth-order valence-electron chi connectivity index (χ4n) is 2.18. The molecule has 28 heavy (non-hydrogen) atoms. The van der Waals surface area contributed by atoms with Gasteiger partial charge in [-0.3, -0.25) is 14.9 Å². The molecule has 0 bridgehead atoms. The lowest BCUT2D eigenvalue weighted by Gasteiger charge is -2.27. The molecular weight excluding hydrogens is 433 g/mol. The van der Waals surface area contributed by atoms with E-state index in [0.717, 1.165) is 5.56 Å². The Labute approximate surface area is 175 Å². The zero-order chi connectivity index (χ0) is 20.7. The fourth-order valence-corrected chi connectivity index (χ4v) is 2.48. The van der Waals surface area contributed by atoms with Crippen molar-refractivity contribution in [1.82, 2.24) is 5.48 Å². The number of nitrogens with one attached hydrogen (secondary N) is 2. The second kappa shape index (κ2) is 9.79. The molecule has 0 saturated heterocycles. The van der Waals surface area contributed by atoms with Crippen molar-refractivity contribution in [1.29, 1.82) is 0 Å². The summed E-state index contributed by atoms with van der Waals surface area (Å²) in [4.78, 5) is 27.4. The fraction of sp³-hybridized carbons (Fsp3) is 0.235. The highest BCUT2D eigenvalue weighted by molar-refractivity contribution is 6.68. The van der Waals surface area contributed by atoms with Gasteiger partial charge in [-0.15, -0.1) is 5.48 Å². The van der Waals surface area contributed by atoms with Crippen LogP contribution in [0.3, 0.4) is 0 Å². The van der Waals surface area contributed by atoms with Gasteiger partial charge in [0.2, 0.25) is 3.79 Å². The van der Waals surface area contributed by atoms with Crippen LogP contribution in [0.25, 0.3) is 0 Å². The molecule has 8 nitrogen and oxygen atoms in total. The lowest BCUT2D eigenvalue weighted by molar-refractivity contribution is -0.384. The quantitative estimate of drug-likeness (QED) is 0.272. The van der Waals surface area contributed by atoms with Crippen LogP contribution in [-0.2, 0) is 16.1 Å². The maximum absolute atomic E-state index is 12.0. The van der Waals surface area contributed by atoms with Gasteiger partial charge in [0.15, 0.2) is 6.17 Å². The van der Waals surface area contributed by atoms with E-state index in [1.165, 1.54) is 25.3 Å². The van der Waals surface area contributed by atoms with Gasteiger partial charge in [0, 0.05) is 12.1 Å². The molecule has 11 heteroatoms. The standard InChI is InChI=1S/C17H16Cl3N3O5/c1-27-14-8-7-12(23(25)26)10-13(14)21-16(17(18,19)20)22-28-15(24)9-11-5-3-2-4-6-11/h2-8,10,16,21-22H,9H2,1H3. The number of carbonyl (C=O) groups is 1. The van der Waals surface area contributed by atoms with Crippen LogP contribution in [0.5, 0.6) is 5.75 Å². The molecule has 0 aliphatic heterocycles. The summed E-state index contributed by atoms with van der Waals surface area (Å²) in [5.74, 6) is -0.347. The molecule has 0 aliphatic rings. The number of nitrogens with zero attached hydrogens (tertiary/aromatic N) is 1. The maximum atomic E-state index is 12.0. The van der Waals surface area contributed by atoms with Gasteiger partial charge in [0.05, 0.1) is 24.1 Å². The molecule has 0 aliphatic carbocycles. The second-order valence-electron chi connectivity index (χ2n) is 5.51. The minimum Gasteiger partial charge on any atom is -0.495 e. The zero-order valence-electron chi connectivity index (χ0n) is 14.5. The molecule has 1 unspecified atom stereocenters. The Morgan fingerprint density at radius 1 is 1.21 bits per heavy atom. The van der Waals surface area contributed by atoms with Gasteiger partial charge in [-0.25, -0.2) is 0 Å². The first-order valence-corrected chi connectivity index (χ1v) is 8.99. The number of benzene rings is 2. The number of nitro groups is 1. The van der Waals surface area contributed by atoms with E-state index < -0.39 is 20.9 Å². The summed E-state index contributed by atoms with van der Waals surface area (Å²) in [6.45, 7) is 0. The van der Waals surface area contributed by atoms with Crippen molar-refractivity contribution in [3.05, 3.63) is 64.2 Å². The SMILES string of the molecule is COc1ccc([N+](=O)[O-])cc1NC(NOC(=O)Cc1ccccc1)C(Cl)(Cl)Cl. The number of hydroxylamine groups is 1. The van der Waals surface area contributed by atoms with E-state index in [1.807, 2.05) is 6.07 Å². The second-order valence-corrected chi connectivity index (χ2v) is 7.88. The summed E-state index contributed by atoms with van der Waals surface area (Å²) in [7, 11) is 1.38. The number of anilines is 1. The van der Waals surface area contributed by atoms with Crippen LogP contribution in [0.15, 0.2) is 48.5 Å². The number of hydrogen-bond acceptors (Lipinski definition) is 7. The average molecular weight is 449 g/mol. The third-order valence-corrected chi connectivity index (χ3v) is 4.16. The predicted octanol–water partition coefficient (Wildman–Crippen LogP) is 4.00. The summed E-state index contributed by atoms with van der Waals surface area (Å²) >= 11 is 17.8. The summed E-state index contributed by atoms with van der Waals surface area (Å²) in [6.07, 6.45) is -1.23. The molecule has 2 N–H and O–H groups in total. The van der Waals surface area contributed by atoms with Crippen molar-refractivity contribution >= 4 is 52.1 Å². The molecule has 0 aromatic heterocycles. The van der Waals surface area contributed by atoms with Gasteiger partial charge in [0.1, 0.15) is 5.75 Å². The molecule has 2 aromatic rings. The molecule has 0 radical (unpaired) electrons. The minimum absolute atomic E-state index is 0.000543. The Bertz CT molecular complexity index is 831. The van der Waals surface area contributed by atoms with Crippen molar-refractivity contribution in [2.45, 2.75) is 16.4 Å². The molecule has 150 valence electrons. The van der Waals surface area contributed by atoms with Gasteiger partial charge < -0.3 is 14.9 Å². The zero-order valence-corrected chi connectivity index (χ0v) is 16.8. The highest BCUT2D eigenvalue weighted by Gasteiger charge is 2.35. The summed E-state index contributed by atoms with van der Waals surface area (Å²) in [6, 6.07) is 12.8. The highest BCUT2D eigenvalue weighted by Crippen LogP contribution is 2.35. The summed E-state index contributed by atoms with van der Waals surface area (Å²) in [5.41, 5.74) is 3.05. The number of halogens is 3. The smallest absolute Gasteiger partial charge is 0.329 e. The average Bonchev–Trinajstić information content (AvgIpc) is 2.64. The number of hydrogen-bond donors (Lipinski definition) is 2. The van der Waals surface area contributed by atoms with Crippen molar-refractivity contribution in [2.24, 2.45) is 0 Å². The number of alkyl halides is 3. The van der Waals surface area contributed by atoms with E-state index in [1.54, 1.807) is 24.3 Å². The number of ether oxygens (including phenoxy) is 1. The monoisotopic (exact) mass is 447 g/mol. The van der Waals surface area contributed by atoms with Crippen molar-refractivity contribution in [3.63, 3.8) is 0 Å². The maximum Gasteiger partial charge on any atom is 0.329 e. The number of methoxy groups -OCH3 is 1. The molecule has 0 fully saturated rings. The van der Waals surface area contributed by atoms with E-state index in [4.69, 9.17) is 44.4 Å². The molecular formula is C17H16Cl3N3O5. The number of carbonyl (C=O) groups excluding carboxylic acids is 1. The Morgan fingerprint density at radius 3 is 2.46 bits per heavy atom. The molecule has 2 rings (SSSR count). The van der Waals surface area contributed by atoms with Gasteiger partial charge in [0.25, 0.3) is 5.69 Å². The van der Waals surface area contributed by atoms with Crippen molar-refractivity contribution < 1.29 is 19.3 Å². The molecule has 0 heterocycles. The molecule has 0 saturated carbocycles.